The van der Waals surface area contributed by atoms with Gasteiger partial charge in [-0.05, 0) is 29.8 Å². The van der Waals surface area contributed by atoms with Crippen molar-refractivity contribution in [3.63, 3.8) is 0 Å². The minimum Gasteiger partial charge on any atom is -0.344 e. The second kappa shape index (κ2) is 8.42. The maximum absolute atomic E-state index is 13.5. The number of nitrogens with one attached hydrogen (secondary N) is 2. The van der Waals surface area contributed by atoms with Crippen molar-refractivity contribution in [2.45, 2.75) is 6.54 Å². The molecule has 0 saturated carbocycles. The van der Waals surface area contributed by atoms with E-state index in [-0.39, 0.29) is 17.1 Å². The van der Waals surface area contributed by atoms with Crippen molar-refractivity contribution in [1.29, 1.82) is 0 Å². The lowest BCUT2D eigenvalue weighted by Crippen LogP contribution is -2.37. The number of rotatable bonds is 4. The van der Waals surface area contributed by atoms with Gasteiger partial charge in [0.15, 0.2) is 0 Å². The van der Waals surface area contributed by atoms with Crippen LogP contribution in [-0.4, -0.2) is 18.0 Å². The molecule has 0 unspecified atom stereocenters. The summed E-state index contributed by atoms with van der Waals surface area (Å²) in [7, 11) is 0. The highest BCUT2D eigenvalue weighted by Gasteiger charge is 2.12. The van der Waals surface area contributed by atoms with Gasteiger partial charge in [0.1, 0.15) is 5.82 Å². The van der Waals surface area contributed by atoms with Gasteiger partial charge < -0.3 is 5.32 Å². The fraction of sp³-hybridized carbons (Fsp3) is 0.0625. The Bertz CT molecular complexity index is 759. The molecule has 124 valence electrons. The smallest absolute Gasteiger partial charge is 0.329 e. The van der Waals surface area contributed by atoms with Gasteiger partial charge in [0.25, 0.3) is 0 Å². The predicted octanol–water partition coefficient (Wildman–Crippen LogP) is 2.90. The zero-order valence-electron chi connectivity index (χ0n) is 12.2. The van der Waals surface area contributed by atoms with Gasteiger partial charge in [0.05, 0.1) is 11.2 Å². The molecular weight excluding hydrogens is 356 g/mol. The first kappa shape index (κ1) is 17.9. The zero-order chi connectivity index (χ0) is 17.5. The summed E-state index contributed by atoms with van der Waals surface area (Å²) in [6.07, 6.45) is 1.03. The maximum Gasteiger partial charge on any atom is 0.329 e. The Labute approximate surface area is 147 Å². The quantitative estimate of drug-likeness (QED) is 0.495. The molecular formula is C16H12Cl2FN3O2. The van der Waals surface area contributed by atoms with E-state index in [1.165, 1.54) is 18.2 Å². The Morgan fingerprint density at radius 1 is 1.08 bits per heavy atom. The molecule has 0 radical (unpaired) electrons. The third-order valence-electron chi connectivity index (χ3n) is 2.93. The van der Waals surface area contributed by atoms with Crippen LogP contribution < -0.4 is 10.7 Å². The number of hydrogen-bond donors (Lipinski definition) is 2. The summed E-state index contributed by atoms with van der Waals surface area (Å²) in [6.45, 7) is 0.159. The first-order chi connectivity index (χ1) is 11.5. The van der Waals surface area contributed by atoms with Gasteiger partial charge in [0.2, 0.25) is 0 Å². The van der Waals surface area contributed by atoms with Crippen molar-refractivity contribution >= 4 is 41.2 Å². The van der Waals surface area contributed by atoms with E-state index < -0.39 is 17.6 Å². The van der Waals surface area contributed by atoms with Crippen LogP contribution in [0.5, 0.6) is 0 Å². The molecule has 0 atom stereocenters. The number of benzene rings is 2. The molecule has 0 aromatic heterocycles. The van der Waals surface area contributed by atoms with Crippen LogP contribution >= 0.6 is 23.2 Å². The fourth-order valence-corrected chi connectivity index (χ4v) is 2.04. The minimum absolute atomic E-state index is 0.0149. The summed E-state index contributed by atoms with van der Waals surface area (Å²) < 4.78 is 13.5. The van der Waals surface area contributed by atoms with Gasteiger partial charge >= 0.3 is 11.8 Å². The van der Waals surface area contributed by atoms with Crippen molar-refractivity contribution in [3.8, 4) is 0 Å². The van der Waals surface area contributed by atoms with E-state index in [0.717, 1.165) is 11.8 Å². The van der Waals surface area contributed by atoms with E-state index in [9.17, 15) is 14.0 Å². The summed E-state index contributed by atoms with van der Waals surface area (Å²) in [5.41, 5.74) is 2.80. The van der Waals surface area contributed by atoms with Gasteiger partial charge in [-0.25, -0.2) is 9.82 Å². The molecule has 0 bridgehead atoms. The normalized spacial score (nSPS) is 10.6. The highest BCUT2D eigenvalue weighted by atomic mass is 35.5. The van der Waals surface area contributed by atoms with Crippen molar-refractivity contribution in [2.75, 3.05) is 0 Å². The van der Waals surface area contributed by atoms with Crippen molar-refractivity contribution in [1.82, 2.24) is 10.7 Å². The number of hydrazone groups is 1. The zero-order valence-corrected chi connectivity index (χ0v) is 13.7. The van der Waals surface area contributed by atoms with Crippen LogP contribution in [0, 0.1) is 5.82 Å². The first-order valence-corrected chi connectivity index (χ1v) is 7.52. The highest BCUT2D eigenvalue weighted by molar-refractivity contribution is 6.35. The number of nitrogens with zero attached hydrogens (tertiary/aromatic N) is 1. The second-order valence-corrected chi connectivity index (χ2v) is 5.49. The number of carbonyl (C=O) groups excluding carboxylic acids is 2. The van der Waals surface area contributed by atoms with Crippen LogP contribution in [0.25, 0.3) is 0 Å². The molecule has 0 spiro atoms. The maximum atomic E-state index is 13.5. The van der Waals surface area contributed by atoms with Crippen LogP contribution in [0.2, 0.25) is 10.0 Å². The lowest BCUT2D eigenvalue weighted by molar-refractivity contribution is -0.139. The third-order valence-corrected chi connectivity index (χ3v) is 3.51. The number of hydrogen-bond acceptors (Lipinski definition) is 3. The van der Waals surface area contributed by atoms with E-state index in [1.54, 1.807) is 24.3 Å². The lowest BCUT2D eigenvalue weighted by atomic mass is 10.2. The largest absolute Gasteiger partial charge is 0.344 e. The van der Waals surface area contributed by atoms with Crippen LogP contribution in [-0.2, 0) is 16.1 Å². The van der Waals surface area contributed by atoms with Gasteiger partial charge in [-0.3, -0.25) is 9.59 Å². The predicted molar refractivity (Wildman–Crippen MR) is 90.4 cm³/mol. The lowest BCUT2D eigenvalue weighted by Gasteiger charge is -2.04. The summed E-state index contributed by atoms with van der Waals surface area (Å²) in [4.78, 5) is 23.2. The average molecular weight is 368 g/mol. The van der Waals surface area contributed by atoms with Crippen LogP contribution in [0.4, 0.5) is 4.39 Å². The fourth-order valence-electron chi connectivity index (χ4n) is 1.71. The SMILES string of the molecule is O=C(NCc1ccc(Cl)cc1)C(=O)N/N=C/c1c(F)cccc1Cl. The molecule has 5 nitrogen and oxygen atoms in total. The summed E-state index contributed by atoms with van der Waals surface area (Å²) in [5, 5.41) is 6.66. The van der Waals surface area contributed by atoms with E-state index in [0.29, 0.717) is 5.02 Å². The van der Waals surface area contributed by atoms with Crippen molar-refractivity contribution in [2.24, 2.45) is 5.10 Å². The Kier molecular flexibility index (Phi) is 6.28. The molecule has 2 aromatic carbocycles. The van der Waals surface area contributed by atoms with E-state index in [1.807, 2.05) is 5.43 Å². The number of amides is 2. The van der Waals surface area contributed by atoms with Crippen LogP contribution in [0.1, 0.15) is 11.1 Å². The molecule has 0 aliphatic heterocycles. The molecule has 2 aromatic rings. The molecule has 2 N–H and O–H groups in total. The molecule has 0 fully saturated rings. The number of carbonyl (C=O) groups is 2. The molecule has 0 heterocycles. The van der Waals surface area contributed by atoms with Crippen molar-refractivity contribution in [3.05, 3.63) is 69.5 Å². The molecule has 2 rings (SSSR count). The topological polar surface area (TPSA) is 70.6 Å². The monoisotopic (exact) mass is 367 g/mol. The van der Waals surface area contributed by atoms with Gasteiger partial charge in [-0.15, -0.1) is 0 Å². The van der Waals surface area contributed by atoms with Gasteiger partial charge in [-0.2, -0.15) is 5.10 Å². The Hall–Kier alpha value is -2.44. The molecule has 0 aliphatic rings. The summed E-state index contributed by atoms with van der Waals surface area (Å²) in [6, 6.07) is 10.9. The van der Waals surface area contributed by atoms with Gasteiger partial charge in [0, 0.05) is 17.1 Å². The second-order valence-electron chi connectivity index (χ2n) is 4.64. The Balaban J connectivity index is 1.86. The summed E-state index contributed by atoms with van der Waals surface area (Å²) >= 11 is 11.6. The minimum atomic E-state index is -0.979. The first-order valence-electron chi connectivity index (χ1n) is 6.77. The van der Waals surface area contributed by atoms with Crippen LogP contribution in [0.3, 0.4) is 0 Å². The standard InChI is InChI=1S/C16H12Cl2FN3O2/c17-11-6-4-10(5-7-11)8-20-15(23)16(24)22-21-9-12-13(18)2-1-3-14(12)19/h1-7,9H,8H2,(H,20,23)(H,22,24)/b21-9+. The molecule has 0 saturated heterocycles. The number of halogens is 3. The van der Waals surface area contributed by atoms with E-state index in [4.69, 9.17) is 23.2 Å². The van der Waals surface area contributed by atoms with Crippen molar-refractivity contribution < 1.29 is 14.0 Å². The average Bonchev–Trinajstić information content (AvgIpc) is 2.56. The highest BCUT2D eigenvalue weighted by Crippen LogP contribution is 2.16. The summed E-state index contributed by atoms with van der Waals surface area (Å²) in [5.74, 6) is -2.44. The Morgan fingerprint density at radius 3 is 2.46 bits per heavy atom. The molecule has 8 heteroatoms. The van der Waals surface area contributed by atoms with Gasteiger partial charge in [-0.1, -0.05) is 41.4 Å². The van der Waals surface area contributed by atoms with E-state index in [2.05, 4.69) is 10.4 Å². The molecule has 24 heavy (non-hydrogen) atoms. The van der Waals surface area contributed by atoms with E-state index >= 15 is 0 Å². The third kappa shape index (κ3) is 5.04. The molecule has 2 amide bonds. The van der Waals surface area contributed by atoms with Crippen LogP contribution in [0.15, 0.2) is 47.6 Å². The Morgan fingerprint density at radius 2 is 1.79 bits per heavy atom. The molecule has 0 aliphatic carbocycles.